The average molecular weight is 333 g/mol. The van der Waals surface area contributed by atoms with Crippen LogP contribution in [-0.4, -0.2) is 23.2 Å². The monoisotopic (exact) mass is 333 g/mol. The van der Waals surface area contributed by atoms with Crippen LogP contribution in [0.3, 0.4) is 0 Å². The first-order chi connectivity index (χ1) is 11.1. The zero-order chi connectivity index (χ0) is 16.4. The van der Waals surface area contributed by atoms with Crippen LogP contribution in [0.5, 0.6) is 5.75 Å². The molecular weight excluding hydrogens is 322 g/mol. The van der Waals surface area contributed by atoms with E-state index in [9.17, 15) is 9.59 Å². The number of oxazole rings is 1. The first-order valence-corrected chi connectivity index (χ1v) is 7.48. The number of nitrogens with zero attached hydrogens (tertiary/aromatic N) is 1. The number of aromatic hydroxyl groups is 1. The number of hydrogen-bond acceptors (Lipinski definition) is 8. The molecule has 0 amide bonds. The lowest BCUT2D eigenvalue weighted by Gasteiger charge is -1.97. The van der Waals surface area contributed by atoms with Gasteiger partial charge in [-0.05, 0) is 18.2 Å². The van der Waals surface area contributed by atoms with Crippen LogP contribution in [0.2, 0.25) is 0 Å². The average Bonchev–Trinajstić information content (AvgIpc) is 2.97. The third-order valence-corrected chi connectivity index (χ3v) is 3.84. The number of carbonyl (C=O) groups excluding carboxylic acids is 1. The van der Waals surface area contributed by atoms with Crippen molar-refractivity contribution in [2.45, 2.75) is 11.0 Å². The number of esters is 1. The van der Waals surface area contributed by atoms with E-state index in [0.717, 1.165) is 6.26 Å². The van der Waals surface area contributed by atoms with E-state index in [2.05, 4.69) is 9.72 Å². The Morgan fingerprint density at radius 1 is 1.39 bits per heavy atom. The zero-order valence-corrected chi connectivity index (χ0v) is 12.8. The summed E-state index contributed by atoms with van der Waals surface area (Å²) in [4.78, 5) is 27.1. The highest BCUT2D eigenvalue weighted by Crippen LogP contribution is 2.27. The molecule has 1 aromatic carbocycles. The smallest absolute Gasteiger partial charge is 0.337 e. The summed E-state index contributed by atoms with van der Waals surface area (Å²) in [7, 11) is 1.31. The Hall–Kier alpha value is -2.74. The molecule has 7 nitrogen and oxygen atoms in total. The summed E-state index contributed by atoms with van der Waals surface area (Å²) in [5.41, 5.74) is 0.941. The number of aromatic nitrogens is 1. The zero-order valence-electron chi connectivity index (χ0n) is 11.9. The highest BCUT2D eigenvalue weighted by Gasteiger charge is 2.12. The Balaban J connectivity index is 1.79. The first-order valence-electron chi connectivity index (χ1n) is 6.49. The van der Waals surface area contributed by atoms with Crippen LogP contribution in [0.4, 0.5) is 0 Å². The van der Waals surface area contributed by atoms with Gasteiger partial charge in [0.1, 0.15) is 17.5 Å². The molecule has 0 atom stereocenters. The normalized spacial score (nSPS) is 10.8. The van der Waals surface area contributed by atoms with E-state index in [0.29, 0.717) is 33.4 Å². The van der Waals surface area contributed by atoms with Crippen molar-refractivity contribution in [3.8, 4) is 5.75 Å². The maximum Gasteiger partial charge on any atom is 0.337 e. The van der Waals surface area contributed by atoms with Crippen molar-refractivity contribution >= 4 is 28.8 Å². The fourth-order valence-corrected chi connectivity index (χ4v) is 2.59. The van der Waals surface area contributed by atoms with Crippen molar-refractivity contribution in [3.05, 3.63) is 52.1 Å². The SMILES string of the molecule is COC(=O)c1ccc2oc(SCc3cc(=O)c(O)co3)nc2c1. The van der Waals surface area contributed by atoms with Crippen LogP contribution in [-0.2, 0) is 10.5 Å². The van der Waals surface area contributed by atoms with Crippen LogP contribution < -0.4 is 5.43 Å². The van der Waals surface area contributed by atoms with E-state index in [1.54, 1.807) is 18.2 Å². The van der Waals surface area contributed by atoms with Crippen LogP contribution in [0.25, 0.3) is 11.1 Å². The maximum atomic E-state index is 11.5. The van der Waals surface area contributed by atoms with Gasteiger partial charge in [0.25, 0.3) is 5.22 Å². The number of benzene rings is 1. The number of hydrogen-bond donors (Lipinski definition) is 1. The van der Waals surface area contributed by atoms with Gasteiger partial charge in [-0.1, -0.05) is 11.8 Å². The lowest BCUT2D eigenvalue weighted by Crippen LogP contribution is -2.00. The molecule has 0 saturated carbocycles. The van der Waals surface area contributed by atoms with Gasteiger partial charge < -0.3 is 18.7 Å². The van der Waals surface area contributed by atoms with Gasteiger partial charge in [0.15, 0.2) is 11.3 Å². The quantitative estimate of drug-likeness (QED) is 0.574. The molecule has 0 saturated heterocycles. The minimum absolute atomic E-state index is 0.312. The number of fused-ring (bicyclic) bond motifs is 1. The molecular formula is C15H11NO6S. The van der Waals surface area contributed by atoms with Gasteiger partial charge >= 0.3 is 5.97 Å². The maximum absolute atomic E-state index is 11.5. The topological polar surface area (TPSA) is 103 Å². The first kappa shape index (κ1) is 15.2. The van der Waals surface area contributed by atoms with E-state index in [1.165, 1.54) is 24.9 Å². The molecule has 118 valence electrons. The van der Waals surface area contributed by atoms with Crippen molar-refractivity contribution in [2.75, 3.05) is 7.11 Å². The predicted molar refractivity (Wildman–Crippen MR) is 81.6 cm³/mol. The second-order valence-electron chi connectivity index (χ2n) is 4.54. The number of thioether (sulfide) groups is 1. The Morgan fingerprint density at radius 2 is 2.22 bits per heavy atom. The largest absolute Gasteiger partial charge is 0.502 e. The molecule has 0 fully saturated rings. The van der Waals surface area contributed by atoms with Crippen molar-refractivity contribution in [2.24, 2.45) is 0 Å². The molecule has 0 spiro atoms. The molecule has 3 aromatic rings. The van der Waals surface area contributed by atoms with Crippen LogP contribution in [0.15, 0.2) is 49.4 Å². The fourth-order valence-electron chi connectivity index (χ4n) is 1.87. The second-order valence-corrected chi connectivity index (χ2v) is 5.46. The highest BCUT2D eigenvalue weighted by molar-refractivity contribution is 7.98. The summed E-state index contributed by atoms with van der Waals surface area (Å²) in [6.45, 7) is 0. The van der Waals surface area contributed by atoms with Crippen molar-refractivity contribution in [1.82, 2.24) is 4.98 Å². The molecule has 0 aliphatic rings. The molecule has 3 rings (SSSR count). The predicted octanol–water partition coefficient (Wildman–Crippen LogP) is 2.57. The lowest BCUT2D eigenvalue weighted by atomic mass is 10.2. The fraction of sp³-hybridized carbons (Fsp3) is 0.133. The van der Waals surface area contributed by atoms with E-state index in [-0.39, 0.29) is 0 Å². The van der Waals surface area contributed by atoms with Crippen molar-refractivity contribution in [1.29, 1.82) is 0 Å². The van der Waals surface area contributed by atoms with E-state index in [1.807, 2.05) is 0 Å². The van der Waals surface area contributed by atoms with Crippen LogP contribution in [0.1, 0.15) is 16.1 Å². The number of ether oxygens (including phenoxy) is 1. The van der Waals surface area contributed by atoms with Gasteiger partial charge in [-0.2, -0.15) is 0 Å². The molecule has 23 heavy (non-hydrogen) atoms. The summed E-state index contributed by atoms with van der Waals surface area (Å²) in [6, 6.07) is 6.02. The molecule has 0 aliphatic carbocycles. The van der Waals surface area contributed by atoms with Gasteiger partial charge in [-0.3, -0.25) is 4.79 Å². The minimum Gasteiger partial charge on any atom is -0.502 e. The standard InChI is InChI=1S/C15H11NO6S/c1-20-14(19)8-2-3-13-10(4-8)16-15(22-13)23-7-9-5-11(17)12(18)6-21-9/h2-6,18H,7H2,1H3. The van der Waals surface area contributed by atoms with Gasteiger partial charge in [0, 0.05) is 6.07 Å². The summed E-state index contributed by atoms with van der Waals surface area (Å²) >= 11 is 1.23. The lowest BCUT2D eigenvalue weighted by molar-refractivity contribution is 0.0601. The number of methoxy groups -OCH3 is 1. The Morgan fingerprint density at radius 3 is 2.96 bits per heavy atom. The number of rotatable bonds is 4. The molecule has 2 heterocycles. The molecule has 2 aromatic heterocycles. The molecule has 0 unspecified atom stereocenters. The van der Waals surface area contributed by atoms with Crippen molar-refractivity contribution in [3.63, 3.8) is 0 Å². The molecule has 1 N–H and O–H groups in total. The second kappa shape index (κ2) is 6.17. The molecule has 8 heteroatoms. The van der Waals surface area contributed by atoms with E-state index in [4.69, 9.17) is 13.9 Å². The Bertz CT molecular complexity index is 929. The molecule has 0 bridgehead atoms. The Kier molecular flexibility index (Phi) is 4.07. The summed E-state index contributed by atoms with van der Waals surface area (Å²) in [5.74, 6) is -0.187. The Labute approximate surface area is 133 Å². The third-order valence-electron chi connectivity index (χ3n) is 2.99. The molecule has 0 aliphatic heterocycles. The summed E-state index contributed by atoms with van der Waals surface area (Å²) in [6.07, 6.45) is 0.993. The minimum atomic E-state index is -0.507. The van der Waals surface area contributed by atoms with Gasteiger partial charge in [-0.15, -0.1) is 0 Å². The number of carbonyl (C=O) groups is 1. The van der Waals surface area contributed by atoms with E-state index >= 15 is 0 Å². The third kappa shape index (κ3) is 3.21. The highest BCUT2D eigenvalue weighted by atomic mass is 32.2. The van der Waals surface area contributed by atoms with E-state index < -0.39 is 17.1 Å². The van der Waals surface area contributed by atoms with Crippen LogP contribution >= 0.6 is 11.8 Å². The molecule has 0 radical (unpaired) electrons. The summed E-state index contributed by atoms with van der Waals surface area (Å²) in [5, 5.41) is 9.51. The van der Waals surface area contributed by atoms with Gasteiger partial charge in [0.2, 0.25) is 5.43 Å². The summed E-state index contributed by atoms with van der Waals surface area (Å²) < 4.78 is 15.3. The van der Waals surface area contributed by atoms with Crippen LogP contribution in [0, 0.1) is 0 Å². The van der Waals surface area contributed by atoms with Crippen molar-refractivity contribution < 1.29 is 23.5 Å². The van der Waals surface area contributed by atoms with Gasteiger partial charge in [0.05, 0.1) is 18.4 Å². The van der Waals surface area contributed by atoms with Gasteiger partial charge in [-0.25, -0.2) is 9.78 Å².